The molecule has 1 aliphatic rings. The average molecular weight is 288 g/mol. The molecule has 114 valence electrons. The first-order valence-electron chi connectivity index (χ1n) is 7.71. The number of carbonyl (C=O) groups is 2. The third kappa shape index (κ3) is 4.31. The summed E-state index contributed by atoms with van der Waals surface area (Å²) < 4.78 is 0. The molecule has 0 saturated heterocycles. The highest BCUT2D eigenvalue weighted by molar-refractivity contribution is 5.97. The molecule has 2 amide bonds. The molecule has 1 aromatic carbocycles. The summed E-state index contributed by atoms with van der Waals surface area (Å²) in [5, 5.41) is 5.73. The second-order valence-corrected chi connectivity index (χ2v) is 5.93. The standard InChI is InChI=1S/C17H24N2O2/c1-12-7-3-5-9-14(12)17(21)18-11-16(20)19-15-10-6-4-8-13(15)2/h3,5,7,9,13,15H,4,6,8,10-11H2,1-2H3,(H,18,21)(H,19,20)/t13-,15+/m1/s1. The SMILES string of the molecule is Cc1ccccc1C(=O)NCC(=O)N[C@H]1CCCC[C@H]1C. The van der Waals surface area contributed by atoms with Crippen LogP contribution in [0.25, 0.3) is 0 Å². The minimum absolute atomic E-state index is 0.0381. The third-order valence-electron chi connectivity index (χ3n) is 4.26. The lowest BCUT2D eigenvalue weighted by Gasteiger charge is -2.29. The van der Waals surface area contributed by atoms with Gasteiger partial charge in [-0.05, 0) is 37.3 Å². The zero-order valence-electron chi connectivity index (χ0n) is 12.8. The first kappa shape index (κ1) is 15.5. The Labute approximate surface area is 126 Å². The molecule has 2 rings (SSSR count). The highest BCUT2D eigenvalue weighted by atomic mass is 16.2. The van der Waals surface area contributed by atoms with Gasteiger partial charge < -0.3 is 10.6 Å². The van der Waals surface area contributed by atoms with Crippen LogP contribution in [-0.2, 0) is 4.79 Å². The number of carbonyl (C=O) groups excluding carboxylic acids is 2. The van der Waals surface area contributed by atoms with Gasteiger partial charge in [0.15, 0.2) is 0 Å². The Balaban J connectivity index is 1.81. The molecule has 21 heavy (non-hydrogen) atoms. The zero-order valence-corrected chi connectivity index (χ0v) is 12.8. The topological polar surface area (TPSA) is 58.2 Å². The Bertz CT molecular complexity index is 513. The Morgan fingerprint density at radius 2 is 1.90 bits per heavy atom. The molecule has 0 spiro atoms. The molecule has 1 aliphatic carbocycles. The fraction of sp³-hybridized carbons (Fsp3) is 0.529. The molecule has 4 heteroatoms. The van der Waals surface area contributed by atoms with Crippen molar-refractivity contribution in [2.24, 2.45) is 5.92 Å². The maximum atomic E-state index is 12.0. The first-order chi connectivity index (χ1) is 10.1. The Morgan fingerprint density at radius 1 is 1.19 bits per heavy atom. The highest BCUT2D eigenvalue weighted by Crippen LogP contribution is 2.23. The van der Waals surface area contributed by atoms with Gasteiger partial charge in [0.25, 0.3) is 5.91 Å². The van der Waals surface area contributed by atoms with Crippen LogP contribution in [-0.4, -0.2) is 24.4 Å². The summed E-state index contributed by atoms with van der Waals surface area (Å²) in [7, 11) is 0. The van der Waals surface area contributed by atoms with Crippen LogP contribution >= 0.6 is 0 Å². The van der Waals surface area contributed by atoms with Crippen molar-refractivity contribution >= 4 is 11.8 Å². The van der Waals surface area contributed by atoms with Crippen molar-refractivity contribution in [3.8, 4) is 0 Å². The predicted molar refractivity (Wildman–Crippen MR) is 83.1 cm³/mol. The van der Waals surface area contributed by atoms with Gasteiger partial charge in [-0.2, -0.15) is 0 Å². The summed E-state index contributed by atoms with van der Waals surface area (Å²) in [6.07, 6.45) is 4.63. The van der Waals surface area contributed by atoms with E-state index < -0.39 is 0 Å². The summed E-state index contributed by atoms with van der Waals surface area (Å²) in [5.74, 6) is 0.227. The van der Waals surface area contributed by atoms with E-state index >= 15 is 0 Å². The monoisotopic (exact) mass is 288 g/mol. The molecular formula is C17H24N2O2. The molecule has 0 unspecified atom stereocenters. The minimum atomic E-state index is -0.194. The van der Waals surface area contributed by atoms with E-state index in [2.05, 4.69) is 17.6 Å². The molecule has 0 aliphatic heterocycles. The number of hydrogen-bond donors (Lipinski definition) is 2. The fourth-order valence-corrected chi connectivity index (χ4v) is 2.87. The minimum Gasteiger partial charge on any atom is -0.352 e. The maximum Gasteiger partial charge on any atom is 0.251 e. The fourth-order valence-electron chi connectivity index (χ4n) is 2.87. The molecule has 0 aromatic heterocycles. The lowest BCUT2D eigenvalue weighted by Crippen LogP contribution is -2.45. The normalized spacial score (nSPS) is 21.6. The van der Waals surface area contributed by atoms with E-state index in [9.17, 15) is 9.59 Å². The number of nitrogens with one attached hydrogen (secondary N) is 2. The quantitative estimate of drug-likeness (QED) is 0.894. The van der Waals surface area contributed by atoms with Gasteiger partial charge in [-0.25, -0.2) is 0 Å². The van der Waals surface area contributed by atoms with E-state index in [0.29, 0.717) is 11.5 Å². The van der Waals surface area contributed by atoms with Gasteiger partial charge in [-0.1, -0.05) is 38.0 Å². The van der Waals surface area contributed by atoms with Crippen molar-refractivity contribution in [1.29, 1.82) is 0 Å². The Hall–Kier alpha value is -1.84. The maximum absolute atomic E-state index is 12.0. The second-order valence-electron chi connectivity index (χ2n) is 5.93. The molecular weight excluding hydrogens is 264 g/mol. The summed E-state index contributed by atoms with van der Waals surface area (Å²) in [5.41, 5.74) is 1.53. The molecule has 1 aromatic rings. The third-order valence-corrected chi connectivity index (χ3v) is 4.26. The number of amides is 2. The Kier molecular flexibility index (Phi) is 5.37. The van der Waals surface area contributed by atoms with Crippen LogP contribution in [0.1, 0.15) is 48.5 Å². The van der Waals surface area contributed by atoms with Crippen LogP contribution in [0.15, 0.2) is 24.3 Å². The largest absolute Gasteiger partial charge is 0.352 e. The van der Waals surface area contributed by atoms with E-state index in [1.54, 1.807) is 6.07 Å². The molecule has 0 bridgehead atoms. The van der Waals surface area contributed by atoms with Crippen molar-refractivity contribution in [2.75, 3.05) is 6.54 Å². The molecule has 1 saturated carbocycles. The summed E-state index contributed by atoms with van der Waals surface area (Å²) >= 11 is 0. The molecule has 0 heterocycles. The van der Waals surface area contributed by atoms with Crippen molar-refractivity contribution in [3.05, 3.63) is 35.4 Å². The van der Waals surface area contributed by atoms with Gasteiger partial charge in [-0.15, -0.1) is 0 Å². The molecule has 0 radical (unpaired) electrons. The van der Waals surface area contributed by atoms with Crippen molar-refractivity contribution in [3.63, 3.8) is 0 Å². The summed E-state index contributed by atoms with van der Waals surface area (Å²) in [6.45, 7) is 4.10. The van der Waals surface area contributed by atoms with Gasteiger partial charge in [0, 0.05) is 11.6 Å². The lowest BCUT2D eigenvalue weighted by atomic mass is 9.86. The molecule has 2 N–H and O–H groups in total. The predicted octanol–water partition coefficient (Wildman–Crippen LogP) is 2.42. The van der Waals surface area contributed by atoms with E-state index in [-0.39, 0.29) is 24.4 Å². The van der Waals surface area contributed by atoms with Crippen LogP contribution in [0.5, 0.6) is 0 Å². The Morgan fingerprint density at radius 3 is 2.62 bits per heavy atom. The molecule has 4 nitrogen and oxygen atoms in total. The van der Waals surface area contributed by atoms with Gasteiger partial charge in [0.2, 0.25) is 5.91 Å². The number of hydrogen-bond acceptors (Lipinski definition) is 2. The second kappa shape index (κ2) is 7.25. The average Bonchev–Trinajstić information content (AvgIpc) is 2.48. The van der Waals surface area contributed by atoms with Gasteiger partial charge in [0.1, 0.15) is 0 Å². The zero-order chi connectivity index (χ0) is 15.2. The van der Waals surface area contributed by atoms with Crippen LogP contribution in [0, 0.1) is 12.8 Å². The summed E-state index contributed by atoms with van der Waals surface area (Å²) in [6, 6.07) is 7.63. The number of rotatable bonds is 4. The van der Waals surface area contributed by atoms with Crippen LogP contribution < -0.4 is 10.6 Å². The van der Waals surface area contributed by atoms with Crippen molar-refractivity contribution in [1.82, 2.24) is 10.6 Å². The van der Waals surface area contributed by atoms with E-state index in [1.165, 1.54) is 19.3 Å². The molecule has 2 atom stereocenters. The van der Waals surface area contributed by atoms with E-state index in [4.69, 9.17) is 0 Å². The van der Waals surface area contributed by atoms with Gasteiger partial charge in [0.05, 0.1) is 6.54 Å². The smallest absolute Gasteiger partial charge is 0.251 e. The van der Waals surface area contributed by atoms with Crippen molar-refractivity contribution in [2.45, 2.75) is 45.6 Å². The summed E-state index contributed by atoms with van der Waals surface area (Å²) in [4.78, 5) is 24.0. The number of benzene rings is 1. The van der Waals surface area contributed by atoms with E-state index in [0.717, 1.165) is 12.0 Å². The van der Waals surface area contributed by atoms with Crippen LogP contribution in [0.2, 0.25) is 0 Å². The molecule has 1 fully saturated rings. The first-order valence-corrected chi connectivity index (χ1v) is 7.71. The number of aryl methyl sites for hydroxylation is 1. The highest BCUT2D eigenvalue weighted by Gasteiger charge is 2.22. The lowest BCUT2D eigenvalue weighted by molar-refractivity contribution is -0.121. The van der Waals surface area contributed by atoms with Crippen molar-refractivity contribution < 1.29 is 9.59 Å². The van der Waals surface area contributed by atoms with Gasteiger partial charge in [-0.3, -0.25) is 9.59 Å². The van der Waals surface area contributed by atoms with Crippen LogP contribution in [0.4, 0.5) is 0 Å². The van der Waals surface area contributed by atoms with E-state index in [1.807, 2.05) is 25.1 Å². The van der Waals surface area contributed by atoms with Crippen LogP contribution in [0.3, 0.4) is 0 Å². The van der Waals surface area contributed by atoms with Gasteiger partial charge >= 0.3 is 0 Å².